The molecule has 0 spiro atoms. The molecule has 2 aromatic heterocycles. The second kappa shape index (κ2) is 8.72. The summed E-state index contributed by atoms with van der Waals surface area (Å²) >= 11 is 14.2. The third-order valence-electron chi connectivity index (χ3n) is 4.24. The predicted octanol–water partition coefficient (Wildman–Crippen LogP) is 6.30. The molecule has 1 aromatic carbocycles. The maximum absolute atomic E-state index is 6.45. The maximum Gasteiger partial charge on any atom is 0.166 e. The van der Waals surface area contributed by atoms with E-state index in [-0.39, 0.29) is 0 Å². The van der Waals surface area contributed by atoms with Gasteiger partial charge in [-0.15, -0.1) is 11.8 Å². The van der Waals surface area contributed by atoms with Crippen molar-refractivity contribution in [2.24, 2.45) is 5.92 Å². The first-order valence-electron chi connectivity index (χ1n) is 9.07. The highest BCUT2D eigenvalue weighted by Crippen LogP contribution is 2.36. The molecule has 0 atom stereocenters. The van der Waals surface area contributed by atoms with Crippen LogP contribution in [-0.4, -0.2) is 33.7 Å². The van der Waals surface area contributed by atoms with Crippen LogP contribution in [0.2, 0.25) is 10.0 Å². The SMILES string of the molecule is CCCN(CC(C)C)c1c(SC)nc2c(-c3ccc(Cl)cc3Cl)nccn12. The third kappa shape index (κ3) is 4.20. The minimum atomic E-state index is 0.559. The van der Waals surface area contributed by atoms with Gasteiger partial charge in [0.25, 0.3) is 0 Å². The van der Waals surface area contributed by atoms with Crippen molar-refractivity contribution in [3.8, 4) is 11.3 Å². The van der Waals surface area contributed by atoms with E-state index in [2.05, 4.69) is 41.3 Å². The van der Waals surface area contributed by atoms with Gasteiger partial charge in [-0.2, -0.15) is 0 Å². The Balaban J connectivity index is 2.22. The lowest BCUT2D eigenvalue weighted by Gasteiger charge is -2.26. The largest absolute Gasteiger partial charge is 0.355 e. The van der Waals surface area contributed by atoms with E-state index in [1.54, 1.807) is 17.8 Å². The normalized spacial score (nSPS) is 11.5. The van der Waals surface area contributed by atoms with Gasteiger partial charge in [0, 0.05) is 36.1 Å². The van der Waals surface area contributed by atoms with E-state index < -0.39 is 0 Å². The molecule has 0 aliphatic heterocycles. The molecule has 0 unspecified atom stereocenters. The lowest BCUT2D eigenvalue weighted by Crippen LogP contribution is -2.30. The Morgan fingerprint density at radius 2 is 2.04 bits per heavy atom. The molecule has 3 aromatic rings. The molecule has 0 saturated heterocycles. The summed E-state index contributed by atoms with van der Waals surface area (Å²) < 4.78 is 2.14. The van der Waals surface area contributed by atoms with E-state index in [0.717, 1.165) is 47.3 Å². The zero-order valence-electron chi connectivity index (χ0n) is 16.0. The van der Waals surface area contributed by atoms with E-state index in [9.17, 15) is 0 Å². The van der Waals surface area contributed by atoms with Gasteiger partial charge in [0.2, 0.25) is 0 Å². The molecule has 4 nitrogen and oxygen atoms in total. The molecule has 0 N–H and O–H groups in total. The molecule has 3 rings (SSSR count). The van der Waals surface area contributed by atoms with Gasteiger partial charge in [-0.25, -0.2) is 4.98 Å². The summed E-state index contributed by atoms with van der Waals surface area (Å²) in [6.07, 6.45) is 6.93. The Kier molecular flexibility index (Phi) is 6.56. The highest BCUT2D eigenvalue weighted by molar-refractivity contribution is 7.98. The summed E-state index contributed by atoms with van der Waals surface area (Å²) in [7, 11) is 0. The van der Waals surface area contributed by atoms with Crippen molar-refractivity contribution in [2.45, 2.75) is 32.2 Å². The minimum absolute atomic E-state index is 0.559. The van der Waals surface area contributed by atoms with Crippen molar-refractivity contribution in [3.05, 3.63) is 40.6 Å². The van der Waals surface area contributed by atoms with Crippen LogP contribution in [-0.2, 0) is 0 Å². The van der Waals surface area contributed by atoms with Crippen LogP contribution in [0, 0.1) is 5.92 Å². The number of aromatic nitrogens is 3. The van der Waals surface area contributed by atoms with Crippen molar-refractivity contribution in [3.63, 3.8) is 0 Å². The van der Waals surface area contributed by atoms with Gasteiger partial charge in [0.1, 0.15) is 16.5 Å². The molecule has 2 heterocycles. The molecule has 0 aliphatic carbocycles. The van der Waals surface area contributed by atoms with E-state index in [1.165, 1.54) is 0 Å². The van der Waals surface area contributed by atoms with Gasteiger partial charge in [0.05, 0.1) is 5.02 Å². The number of fused-ring (bicyclic) bond motifs is 1. The maximum atomic E-state index is 6.45. The Bertz CT molecular complexity index is 939. The monoisotopic (exact) mass is 422 g/mol. The van der Waals surface area contributed by atoms with Gasteiger partial charge in [-0.1, -0.05) is 44.0 Å². The summed E-state index contributed by atoms with van der Waals surface area (Å²) in [5.41, 5.74) is 2.41. The zero-order valence-corrected chi connectivity index (χ0v) is 18.4. The molecule has 0 bridgehead atoms. The highest BCUT2D eigenvalue weighted by Gasteiger charge is 2.22. The van der Waals surface area contributed by atoms with Gasteiger partial charge in [-0.05, 0) is 36.8 Å². The molecule has 0 fully saturated rings. The zero-order chi connectivity index (χ0) is 19.6. The highest BCUT2D eigenvalue weighted by atomic mass is 35.5. The Labute approximate surface area is 174 Å². The van der Waals surface area contributed by atoms with Crippen LogP contribution in [0.15, 0.2) is 35.6 Å². The van der Waals surface area contributed by atoms with E-state index in [1.807, 2.05) is 24.5 Å². The number of rotatable bonds is 7. The first-order valence-corrected chi connectivity index (χ1v) is 11.1. The quantitative estimate of drug-likeness (QED) is 0.418. The van der Waals surface area contributed by atoms with Crippen LogP contribution in [0.25, 0.3) is 16.9 Å². The molecule has 0 amide bonds. The average Bonchev–Trinajstić information content (AvgIpc) is 3.00. The van der Waals surface area contributed by atoms with Crippen LogP contribution >= 0.6 is 35.0 Å². The van der Waals surface area contributed by atoms with Gasteiger partial charge in [0.15, 0.2) is 5.65 Å². The number of imidazole rings is 1. The van der Waals surface area contributed by atoms with Crippen LogP contribution < -0.4 is 4.90 Å². The topological polar surface area (TPSA) is 33.4 Å². The van der Waals surface area contributed by atoms with Crippen LogP contribution in [0.4, 0.5) is 5.82 Å². The Morgan fingerprint density at radius 1 is 1.26 bits per heavy atom. The van der Waals surface area contributed by atoms with Crippen LogP contribution in [0.1, 0.15) is 27.2 Å². The van der Waals surface area contributed by atoms with Crippen molar-refractivity contribution >= 4 is 46.4 Å². The smallest absolute Gasteiger partial charge is 0.166 e. The van der Waals surface area contributed by atoms with Crippen molar-refractivity contribution in [2.75, 3.05) is 24.2 Å². The number of thioether (sulfide) groups is 1. The van der Waals surface area contributed by atoms with E-state index in [0.29, 0.717) is 16.0 Å². The minimum Gasteiger partial charge on any atom is -0.355 e. The average molecular weight is 423 g/mol. The Hall–Kier alpha value is -1.43. The van der Waals surface area contributed by atoms with Gasteiger partial charge in [-0.3, -0.25) is 9.38 Å². The number of benzene rings is 1. The Morgan fingerprint density at radius 3 is 2.67 bits per heavy atom. The number of hydrogen-bond acceptors (Lipinski definition) is 4. The fourth-order valence-electron chi connectivity index (χ4n) is 3.23. The number of nitrogens with zero attached hydrogens (tertiary/aromatic N) is 4. The number of anilines is 1. The number of hydrogen-bond donors (Lipinski definition) is 0. The molecular formula is C20H24Cl2N4S. The second-order valence-electron chi connectivity index (χ2n) is 6.88. The molecular weight excluding hydrogens is 399 g/mol. The molecule has 0 saturated carbocycles. The summed E-state index contributed by atoms with van der Waals surface area (Å²) in [5.74, 6) is 1.69. The molecule has 144 valence electrons. The van der Waals surface area contributed by atoms with Gasteiger partial charge < -0.3 is 4.90 Å². The molecule has 0 radical (unpaired) electrons. The van der Waals surface area contributed by atoms with Crippen LogP contribution in [0.3, 0.4) is 0 Å². The van der Waals surface area contributed by atoms with Crippen molar-refractivity contribution in [1.82, 2.24) is 14.4 Å². The first-order chi connectivity index (χ1) is 13.0. The second-order valence-corrected chi connectivity index (χ2v) is 8.52. The first kappa shape index (κ1) is 20.3. The fraction of sp³-hybridized carbons (Fsp3) is 0.400. The number of halogens is 2. The van der Waals surface area contributed by atoms with Crippen LogP contribution in [0.5, 0.6) is 0 Å². The van der Waals surface area contributed by atoms with Gasteiger partial charge >= 0.3 is 0 Å². The third-order valence-corrected chi connectivity index (χ3v) is 5.45. The molecule has 27 heavy (non-hydrogen) atoms. The summed E-state index contributed by atoms with van der Waals surface area (Å²) in [6.45, 7) is 8.65. The standard InChI is InChI=1S/C20H24Cl2N4S/c1-5-9-25(12-13(2)3)20-19(27-4)24-18-17(23-8-10-26(18)20)15-7-6-14(21)11-16(15)22/h6-8,10-11,13H,5,9,12H2,1-4H3. The van der Waals surface area contributed by atoms with E-state index in [4.69, 9.17) is 28.2 Å². The van der Waals surface area contributed by atoms with E-state index >= 15 is 0 Å². The summed E-state index contributed by atoms with van der Waals surface area (Å²) in [5, 5.41) is 2.19. The molecule has 0 aliphatic rings. The van der Waals surface area contributed by atoms with Crippen molar-refractivity contribution in [1.29, 1.82) is 0 Å². The summed E-state index contributed by atoms with van der Waals surface area (Å²) in [6, 6.07) is 5.47. The lowest BCUT2D eigenvalue weighted by molar-refractivity contribution is 0.597. The molecule has 7 heteroatoms. The van der Waals surface area contributed by atoms with Crippen molar-refractivity contribution < 1.29 is 0 Å². The predicted molar refractivity (Wildman–Crippen MR) is 118 cm³/mol. The lowest BCUT2D eigenvalue weighted by atomic mass is 10.1. The summed E-state index contributed by atoms with van der Waals surface area (Å²) in [4.78, 5) is 11.9. The fourth-order valence-corrected chi connectivity index (χ4v) is 4.32.